The van der Waals surface area contributed by atoms with Gasteiger partial charge in [0.05, 0.1) is 18.5 Å². The van der Waals surface area contributed by atoms with E-state index in [0.717, 1.165) is 0 Å². The van der Waals surface area contributed by atoms with Crippen molar-refractivity contribution >= 4 is 34.8 Å². The van der Waals surface area contributed by atoms with Crippen molar-refractivity contribution in [2.75, 3.05) is 17.7 Å². The summed E-state index contributed by atoms with van der Waals surface area (Å²) in [7, 11) is 1.47. The predicted octanol–water partition coefficient (Wildman–Crippen LogP) is 2.69. The van der Waals surface area contributed by atoms with Crippen LogP contribution in [0.15, 0.2) is 42.5 Å². The molecule has 0 saturated carbocycles. The zero-order valence-electron chi connectivity index (χ0n) is 12.1. The van der Waals surface area contributed by atoms with Gasteiger partial charge in [-0.15, -0.1) is 0 Å². The predicted molar refractivity (Wildman–Crippen MR) is 86.1 cm³/mol. The molecule has 1 atom stereocenters. The Balaban J connectivity index is 1.82. The lowest BCUT2D eigenvalue weighted by atomic mass is 10.2. The highest BCUT2D eigenvalue weighted by molar-refractivity contribution is 6.31. The molecule has 1 unspecified atom stereocenters. The van der Waals surface area contributed by atoms with E-state index in [1.54, 1.807) is 36.4 Å². The van der Waals surface area contributed by atoms with Gasteiger partial charge in [-0.25, -0.2) is 0 Å². The number of halogens is 1. The Labute approximate surface area is 137 Å². The van der Waals surface area contributed by atoms with E-state index >= 15 is 0 Å². The Bertz CT molecular complexity index is 778. The zero-order valence-corrected chi connectivity index (χ0v) is 12.9. The van der Waals surface area contributed by atoms with E-state index in [-0.39, 0.29) is 0 Å². The van der Waals surface area contributed by atoms with Crippen LogP contribution >= 0.6 is 11.6 Å². The standard InChI is InChI=1S/C16H13ClN2O4/c1-22-12-7-6-9(17)8-11(12)19-16(21)14-15(20)18-10-4-2-3-5-13(10)23-14/h2-8,14H,1H3,(H,18,20)(H,19,21). The highest BCUT2D eigenvalue weighted by Crippen LogP contribution is 2.31. The average Bonchev–Trinajstić information content (AvgIpc) is 2.54. The molecule has 0 fully saturated rings. The lowest BCUT2D eigenvalue weighted by Gasteiger charge is -2.25. The van der Waals surface area contributed by atoms with Crippen molar-refractivity contribution in [3.05, 3.63) is 47.5 Å². The second kappa shape index (κ2) is 6.18. The molecular formula is C16H13ClN2O4. The lowest BCUT2D eigenvalue weighted by Crippen LogP contribution is -2.45. The minimum atomic E-state index is -1.30. The van der Waals surface area contributed by atoms with Gasteiger partial charge in [0.25, 0.3) is 17.9 Å². The van der Waals surface area contributed by atoms with Gasteiger partial charge >= 0.3 is 0 Å². The zero-order chi connectivity index (χ0) is 16.4. The van der Waals surface area contributed by atoms with E-state index in [2.05, 4.69) is 10.6 Å². The number of benzene rings is 2. The minimum absolute atomic E-state index is 0.361. The molecule has 2 N–H and O–H groups in total. The molecule has 3 rings (SSSR count). The van der Waals surface area contributed by atoms with Crippen molar-refractivity contribution in [1.82, 2.24) is 0 Å². The number of amides is 2. The topological polar surface area (TPSA) is 76.7 Å². The van der Waals surface area contributed by atoms with Crippen LogP contribution in [0.4, 0.5) is 11.4 Å². The number of para-hydroxylation sites is 2. The maximum atomic E-state index is 12.4. The van der Waals surface area contributed by atoms with Crippen molar-refractivity contribution in [1.29, 1.82) is 0 Å². The average molecular weight is 333 g/mol. The van der Waals surface area contributed by atoms with Gasteiger partial charge in [-0.3, -0.25) is 9.59 Å². The number of methoxy groups -OCH3 is 1. The summed E-state index contributed by atoms with van der Waals surface area (Å²) in [6, 6.07) is 11.7. The fraction of sp³-hybridized carbons (Fsp3) is 0.125. The highest BCUT2D eigenvalue weighted by atomic mass is 35.5. The summed E-state index contributed by atoms with van der Waals surface area (Å²) in [6.45, 7) is 0. The van der Waals surface area contributed by atoms with E-state index in [1.165, 1.54) is 13.2 Å². The van der Waals surface area contributed by atoms with Crippen LogP contribution in [-0.2, 0) is 9.59 Å². The van der Waals surface area contributed by atoms with Crippen LogP contribution in [0.1, 0.15) is 0 Å². The number of hydrogen-bond acceptors (Lipinski definition) is 4. The van der Waals surface area contributed by atoms with Gasteiger partial charge in [-0.2, -0.15) is 0 Å². The molecule has 0 spiro atoms. The summed E-state index contributed by atoms with van der Waals surface area (Å²) in [6.07, 6.45) is -1.30. The molecule has 2 amide bonds. The summed E-state index contributed by atoms with van der Waals surface area (Å²) < 4.78 is 10.6. The number of fused-ring (bicyclic) bond motifs is 1. The Kier molecular flexibility index (Phi) is 4.08. The van der Waals surface area contributed by atoms with Gasteiger partial charge in [0.1, 0.15) is 11.5 Å². The largest absolute Gasteiger partial charge is 0.495 e. The number of carbonyl (C=O) groups is 2. The van der Waals surface area contributed by atoms with Gasteiger partial charge < -0.3 is 20.1 Å². The second-order valence-electron chi connectivity index (χ2n) is 4.82. The fourth-order valence-electron chi connectivity index (χ4n) is 2.20. The molecule has 23 heavy (non-hydrogen) atoms. The number of nitrogens with one attached hydrogen (secondary N) is 2. The van der Waals surface area contributed by atoms with Crippen LogP contribution in [0.25, 0.3) is 0 Å². The normalized spacial score (nSPS) is 15.9. The summed E-state index contributed by atoms with van der Waals surface area (Å²) >= 11 is 5.92. The molecule has 0 aliphatic carbocycles. The molecule has 118 valence electrons. The number of carbonyl (C=O) groups excluding carboxylic acids is 2. The fourth-order valence-corrected chi connectivity index (χ4v) is 2.37. The third-order valence-corrected chi connectivity index (χ3v) is 3.52. The summed E-state index contributed by atoms with van der Waals surface area (Å²) in [5.74, 6) is -0.288. The van der Waals surface area contributed by atoms with Crippen molar-refractivity contribution in [2.45, 2.75) is 6.10 Å². The second-order valence-corrected chi connectivity index (χ2v) is 5.25. The van der Waals surface area contributed by atoms with Crippen LogP contribution in [0.2, 0.25) is 5.02 Å². The maximum absolute atomic E-state index is 12.4. The van der Waals surface area contributed by atoms with E-state index in [9.17, 15) is 9.59 Å². The first-order valence-corrected chi connectivity index (χ1v) is 7.17. The molecule has 7 heteroatoms. The molecule has 2 aromatic carbocycles. The van der Waals surface area contributed by atoms with E-state index in [1.807, 2.05) is 0 Å². The van der Waals surface area contributed by atoms with E-state index < -0.39 is 17.9 Å². The Morgan fingerprint density at radius 1 is 1.30 bits per heavy atom. The van der Waals surface area contributed by atoms with Crippen molar-refractivity contribution < 1.29 is 19.1 Å². The SMILES string of the molecule is COc1ccc(Cl)cc1NC(=O)C1Oc2ccccc2NC1=O. The van der Waals surface area contributed by atoms with E-state index in [4.69, 9.17) is 21.1 Å². The monoisotopic (exact) mass is 332 g/mol. The first-order chi connectivity index (χ1) is 11.1. The number of anilines is 2. The quantitative estimate of drug-likeness (QED) is 0.847. The summed E-state index contributed by atoms with van der Waals surface area (Å²) in [5, 5.41) is 5.66. The number of rotatable bonds is 3. The van der Waals surface area contributed by atoms with Gasteiger partial charge in [0, 0.05) is 5.02 Å². The molecule has 0 bridgehead atoms. The first-order valence-electron chi connectivity index (χ1n) is 6.79. The molecule has 6 nitrogen and oxygen atoms in total. The van der Waals surface area contributed by atoms with Crippen LogP contribution in [0.5, 0.6) is 11.5 Å². The van der Waals surface area contributed by atoms with Crippen LogP contribution < -0.4 is 20.1 Å². The molecule has 0 radical (unpaired) electrons. The van der Waals surface area contributed by atoms with Gasteiger partial charge in [-0.05, 0) is 30.3 Å². The molecule has 1 aliphatic heterocycles. The lowest BCUT2D eigenvalue weighted by molar-refractivity contribution is -0.133. The van der Waals surface area contributed by atoms with E-state index in [0.29, 0.717) is 27.9 Å². The van der Waals surface area contributed by atoms with Gasteiger partial charge in [-0.1, -0.05) is 23.7 Å². The van der Waals surface area contributed by atoms with Crippen LogP contribution in [0.3, 0.4) is 0 Å². The Morgan fingerprint density at radius 2 is 2.09 bits per heavy atom. The summed E-state index contributed by atoms with van der Waals surface area (Å²) in [5.41, 5.74) is 0.891. The van der Waals surface area contributed by atoms with Gasteiger partial charge in [0.15, 0.2) is 0 Å². The first kappa shape index (κ1) is 15.2. The molecule has 0 saturated heterocycles. The van der Waals surface area contributed by atoms with Gasteiger partial charge in [0.2, 0.25) is 0 Å². The minimum Gasteiger partial charge on any atom is -0.495 e. The molecule has 2 aromatic rings. The van der Waals surface area contributed by atoms with Crippen LogP contribution in [0, 0.1) is 0 Å². The molecule has 1 heterocycles. The van der Waals surface area contributed by atoms with Crippen LogP contribution in [-0.4, -0.2) is 25.0 Å². The maximum Gasteiger partial charge on any atom is 0.275 e. The number of hydrogen-bond donors (Lipinski definition) is 2. The van der Waals surface area contributed by atoms with Crippen molar-refractivity contribution in [3.63, 3.8) is 0 Å². The highest BCUT2D eigenvalue weighted by Gasteiger charge is 2.34. The van der Waals surface area contributed by atoms with Crippen molar-refractivity contribution in [3.8, 4) is 11.5 Å². The Morgan fingerprint density at radius 3 is 2.87 bits per heavy atom. The molecule has 0 aromatic heterocycles. The number of ether oxygens (including phenoxy) is 2. The molecule has 1 aliphatic rings. The third kappa shape index (κ3) is 3.07. The third-order valence-electron chi connectivity index (χ3n) is 3.29. The smallest absolute Gasteiger partial charge is 0.275 e. The Hall–Kier alpha value is -2.73. The molecular weight excluding hydrogens is 320 g/mol. The summed E-state index contributed by atoms with van der Waals surface area (Å²) in [4.78, 5) is 24.4. The van der Waals surface area contributed by atoms with Crippen molar-refractivity contribution in [2.24, 2.45) is 0 Å².